The van der Waals surface area contributed by atoms with Gasteiger partial charge in [0.15, 0.2) is 5.17 Å². The molecule has 0 aliphatic carbocycles. The summed E-state index contributed by atoms with van der Waals surface area (Å²) in [6.07, 6.45) is 3.40. The van der Waals surface area contributed by atoms with Crippen LogP contribution < -0.4 is 0 Å². The monoisotopic (exact) mass is 225 g/mol. The van der Waals surface area contributed by atoms with E-state index in [-0.39, 0.29) is 5.82 Å². The van der Waals surface area contributed by atoms with Gasteiger partial charge in [-0.25, -0.2) is 9.40 Å². The molecule has 80 valence electrons. The van der Waals surface area contributed by atoms with E-state index in [1.54, 1.807) is 25.4 Å². The van der Waals surface area contributed by atoms with E-state index in [0.29, 0.717) is 5.17 Å². The summed E-state index contributed by atoms with van der Waals surface area (Å²) in [5, 5.41) is 13.3. The molecule has 0 aromatic heterocycles. The Morgan fingerprint density at radius 2 is 2.07 bits per heavy atom. The first-order chi connectivity index (χ1) is 7.13. The van der Waals surface area contributed by atoms with Gasteiger partial charge in [0.2, 0.25) is 0 Å². The summed E-state index contributed by atoms with van der Waals surface area (Å²) in [7, 11) is 1.69. The molecule has 0 atom stereocenters. The van der Waals surface area contributed by atoms with Crippen molar-refractivity contribution >= 4 is 23.1 Å². The normalized spacial score (nSPS) is 10.6. The summed E-state index contributed by atoms with van der Waals surface area (Å²) in [6, 6.07) is 6.02. The Balaban J connectivity index is 2.65. The maximum atomic E-state index is 12.6. The Morgan fingerprint density at radius 3 is 2.60 bits per heavy atom. The first-order valence-electron chi connectivity index (χ1n) is 4.29. The van der Waals surface area contributed by atoms with Gasteiger partial charge in [0.05, 0.1) is 6.21 Å². The second-order valence-electron chi connectivity index (χ2n) is 2.83. The second kappa shape index (κ2) is 5.50. The zero-order valence-corrected chi connectivity index (χ0v) is 9.38. The molecular weight excluding hydrogens is 213 g/mol. The van der Waals surface area contributed by atoms with E-state index in [0.717, 1.165) is 5.56 Å². The molecule has 0 heterocycles. The van der Waals surface area contributed by atoms with Crippen LogP contribution >= 0.6 is 11.8 Å². The summed E-state index contributed by atoms with van der Waals surface area (Å²) >= 11 is 1.31. The zero-order chi connectivity index (χ0) is 11.3. The van der Waals surface area contributed by atoms with Gasteiger partial charge in [0.25, 0.3) is 0 Å². The lowest BCUT2D eigenvalue weighted by Crippen LogP contribution is -2.16. The first-order valence-corrected chi connectivity index (χ1v) is 5.52. The number of hydrazone groups is 1. The molecule has 3 nitrogen and oxygen atoms in total. The van der Waals surface area contributed by atoms with Gasteiger partial charge in [0.1, 0.15) is 5.82 Å². The highest BCUT2D eigenvalue weighted by Gasteiger charge is 1.98. The van der Waals surface area contributed by atoms with Crippen molar-refractivity contribution in [2.75, 3.05) is 13.3 Å². The number of hydrogen-bond acceptors (Lipinski definition) is 3. The highest BCUT2D eigenvalue weighted by Crippen LogP contribution is 2.03. The summed E-state index contributed by atoms with van der Waals surface area (Å²) in [5.41, 5.74) is 0.803. The highest BCUT2D eigenvalue weighted by molar-refractivity contribution is 8.13. The fourth-order valence-electron chi connectivity index (χ4n) is 0.887. The smallest absolute Gasteiger partial charge is 0.176 e. The number of nitrogens with one attached hydrogen (secondary N) is 1. The molecule has 1 rings (SSSR count). The SMILES string of the molecule is CSC(=N)N(C)/N=C/c1ccc(F)cc1. The van der Waals surface area contributed by atoms with E-state index in [1.165, 1.54) is 28.9 Å². The summed E-state index contributed by atoms with van der Waals surface area (Å²) < 4.78 is 12.6. The Morgan fingerprint density at radius 1 is 1.47 bits per heavy atom. The van der Waals surface area contributed by atoms with Crippen molar-refractivity contribution in [3.8, 4) is 0 Å². The number of thioether (sulfide) groups is 1. The van der Waals surface area contributed by atoms with Gasteiger partial charge in [0, 0.05) is 7.05 Å². The van der Waals surface area contributed by atoms with Crippen molar-refractivity contribution in [3.63, 3.8) is 0 Å². The Hall–Kier alpha value is -1.36. The van der Waals surface area contributed by atoms with Crippen LogP contribution in [0, 0.1) is 11.2 Å². The summed E-state index contributed by atoms with van der Waals surface area (Å²) in [5.74, 6) is -0.266. The van der Waals surface area contributed by atoms with Crippen LogP contribution in [0.4, 0.5) is 4.39 Å². The average Bonchev–Trinajstić information content (AvgIpc) is 2.26. The largest absolute Gasteiger partial charge is 0.277 e. The van der Waals surface area contributed by atoms with Crippen LogP contribution in [0.2, 0.25) is 0 Å². The van der Waals surface area contributed by atoms with Gasteiger partial charge in [-0.2, -0.15) is 5.10 Å². The molecule has 0 saturated carbocycles. The second-order valence-corrected chi connectivity index (χ2v) is 3.62. The van der Waals surface area contributed by atoms with Gasteiger partial charge >= 0.3 is 0 Å². The molecule has 0 spiro atoms. The van der Waals surface area contributed by atoms with Crippen LogP contribution in [0.3, 0.4) is 0 Å². The third kappa shape index (κ3) is 3.71. The molecule has 15 heavy (non-hydrogen) atoms. The molecule has 0 saturated heterocycles. The number of hydrogen-bond donors (Lipinski definition) is 1. The maximum Gasteiger partial charge on any atom is 0.176 e. The quantitative estimate of drug-likeness (QED) is 0.477. The number of halogens is 1. The van der Waals surface area contributed by atoms with Crippen LogP contribution in [-0.4, -0.2) is 29.7 Å². The summed E-state index contributed by atoms with van der Waals surface area (Å²) in [4.78, 5) is 0. The molecule has 0 amide bonds. The minimum atomic E-state index is -0.266. The Kier molecular flexibility index (Phi) is 4.30. The molecule has 0 fully saturated rings. The van der Waals surface area contributed by atoms with Gasteiger partial charge in [-0.3, -0.25) is 5.41 Å². The standard InChI is InChI=1S/C10H12FN3S/c1-14(10(12)15-2)13-7-8-3-5-9(11)6-4-8/h3-7,12H,1-2H3/b12-10?,13-7+. The van der Waals surface area contributed by atoms with Crippen LogP contribution in [0.15, 0.2) is 29.4 Å². The molecule has 1 aromatic carbocycles. The number of amidine groups is 1. The third-order valence-electron chi connectivity index (χ3n) is 1.74. The molecule has 1 aromatic rings. The van der Waals surface area contributed by atoms with Crippen molar-refractivity contribution in [3.05, 3.63) is 35.6 Å². The minimum Gasteiger partial charge on any atom is -0.277 e. The molecule has 1 N–H and O–H groups in total. The van der Waals surface area contributed by atoms with Crippen molar-refractivity contribution < 1.29 is 4.39 Å². The van der Waals surface area contributed by atoms with Crippen LogP contribution in [-0.2, 0) is 0 Å². The lowest BCUT2D eigenvalue weighted by atomic mass is 10.2. The van der Waals surface area contributed by atoms with Crippen molar-refractivity contribution in [2.24, 2.45) is 5.10 Å². The molecule has 0 radical (unpaired) electrons. The number of rotatable bonds is 2. The maximum absolute atomic E-state index is 12.6. The first kappa shape index (κ1) is 11.7. The van der Waals surface area contributed by atoms with E-state index >= 15 is 0 Å². The lowest BCUT2D eigenvalue weighted by Gasteiger charge is -2.10. The fraction of sp³-hybridized carbons (Fsp3) is 0.200. The third-order valence-corrected chi connectivity index (χ3v) is 2.39. The fourth-order valence-corrected chi connectivity index (χ4v) is 1.20. The molecule has 0 unspecified atom stereocenters. The van der Waals surface area contributed by atoms with Gasteiger partial charge in [-0.1, -0.05) is 23.9 Å². The zero-order valence-electron chi connectivity index (χ0n) is 8.57. The highest BCUT2D eigenvalue weighted by atomic mass is 32.2. The van der Waals surface area contributed by atoms with Gasteiger partial charge < -0.3 is 0 Å². The Bertz CT molecular complexity index is 361. The summed E-state index contributed by atoms with van der Waals surface area (Å²) in [6.45, 7) is 0. The Labute approximate surface area is 92.5 Å². The van der Waals surface area contributed by atoms with E-state index in [1.807, 2.05) is 6.26 Å². The van der Waals surface area contributed by atoms with E-state index in [4.69, 9.17) is 5.41 Å². The molecule has 0 aliphatic rings. The lowest BCUT2D eigenvalue weighted by molar-refractivity contribution is 0.556. The van der Waals surface area contributed by atoms with E-state index in [9.17, 15) is 4.39 Å². The van der Waals surface area contributed by atoms with Crippen LogP contribution in [0.25, 0.3) is 0 Å². The van der Waals surface area contributed by atoms with E-state index < -0.39 is 0 Å². The number of benzene rings is 1. The van der Waals surface area contributed by atoms with Crippen molar-refractivity contribution in [1.29, 1.82) is 5.41 Å². The molecule has 0 aliphatic heterocycles. The molecule has 5 heteroatoms. The molecular formula is C10H12FN3S. The topological polar surface area (TPSA) is 39.5 Å². The number of nitrogens with zero attached hydrogens (tertiary/aromatic N) is 2. The predicted molar refractivity (Wildman–Crippen MR) is 63.0 cm³/mol. The van der Waals surface area contributed by atoms with E-state index in [2.05, 4.69) is 5.10 Å². The van der Waals surface area contributed by atoms with Gasteiger partial charge in [-0.15, -0.1) is 0 Å². The molecule has 0 bridgehead atoms. The van der Waals surface area contributed by atoms with Crippen LogP contribution in [0.5, 0.6) is 0 Å². The van der Waals surface area contributed by atoms with Crippen molar-refractivity contribution in [1.82, 2.24) is 5.01 Å². The van der Waals surface area contributed by atoms with Crippen molar-refractivity contribution in [2.45, 2.75) is 0 Å². The minimum absolute atomic E-state index is 0.266. The van der Waals surface area contributed by atoms with Crippen LogP contribution in [0.1, 0.15) is 5.56 Å². The van der Waals surface area contributed by atoms with Gasteiger partial charge in [-0.05, 0) is 24.0 Å². The predicted octanol–water partition coefficient (Wildman–Crippen LogP) is 2.39. The average molecular weight is 225 g/mol.